The van der Waals surface area contributed by atoms with Crippen molar-refractivity contribution >= 4 is 11.6 Å². The molecule has 2 N–H and O–H groups in total. The van der Waals surface area contributed by atoms with Crippen molar-refractivity contribution < 1.29 is 9.90 Å². The van der Waals surface area contributed by atoms with Gasteiger partial charge < -0.3 is 14.8 Å². The van der Waals surface area contributed by atoms with Gasteiger partial charge in [0.25, 0.3) is 5.91 Å². The molecular weight excluding hydrogens is 314 g/mol. The number of hydrogen-bond donors (Lipinski definition) is 2. The topological polar surface area (TPSA) is 66.6 Å². The van der Waals surface area contributed by atoms with Crippen LogP contribution in [0.15, 0.2) is 60.9 Å². The van der Waals surface area contributed by atoms with Crippen LogP contribution in [0.4, 0.5) is 0 Å². The molecule has 1 aliphatic rings. The number of nitrogens with one attached hydrogen (secondary N) is 1. The molecule has 25 heavy (non-hydrogen) atoms. The maximum absolute atomic E-state index is 12.7. The van der Waals surface area contributed by atoms with E-state index in [0.717, 1.165) is 24.9 Å². The molecule has 0 saturated heterocycles. The van der Waals surface area contributed by atoms with Crippen LogP contribution in [0.1, 0.15) is 28.9 Å². The summed E-state index contributed by atoms with van der Waals surface area (Å²) >= 11 is 0. The first kappa shape index (κ1) is 15.8. The van der Waals surface area contributed by atoms with Crippen LogP contribution >= 0.6 is 0 Å². The fraction of sp³-hybridized carbons (Fsp3) is 0.300. The van der Waals surface area contributed by atoms with Crippen molar-refractivity contribution in [3.63, 3.8) is 0 Å². The molecular formula is C20H21N3O2. The summed E-state index contributed by atoms with van der Waals surface area (Å²) in [7, 11) is 0. The summed E-state index contributed by atoms with van der Waals surface area (Å²) in [6.45, 7) is 0. The Labute approximate surface area is 146 Å². The van der Waals surface area contributed by atoms with Gasteiger partial charge in [-0.1, -0.05) is 36.4 Å². The molecule has 2 aromatic heterocycles. The van der Waals surface area contributed by atoms with Crippen molar-refractivity contribution in [2.75, 3.05) is 0 Å². The van der Waals surface area contributed by atoms with Crippen LogP contribution in [0.3, 0.4) is 0 Å². The molecule has 0 bridgehead atoms. The number of aliphatic hydroxyl groups excluding tert-OH is 1. The van der Waals surface area contributed by atoms with Crippen LogP contribution in [0.25, 0.3) is 5.65 Å². The van der Waals surface area contributed by atoms with E-state index in [0.29, 0.717) is 11.6 Å². The first-order valence-electron chi connectivity index (χ1n) is 8.65. The minimum absolute atomic E-state index is 0.00288. The first-order chi connectivity index (χ1) is 12.2. The van der Waals surface area contributed by atoms with E-state index in [1.165, 1.54) is 5.56 Å². The van der Waals surface area contributed by atoms with Gasteiger partial charge in [-0.05, 0) is 42.9 Å². The second-order valence-electron chi connectivity index (χ2n) is 6.75. The third-order valence-electron chi connectivity index (χ3n) is 4.93. The summed E-state index contributed by atoms with van der Waals surface area (Å²) in [5.41, 5.74) is 2.36. The maximum atomic E-state index is 12.7. The summed E-state index contributed by atoms with van der Waals surface area (Å²) in [5.74, 6) is 0.141. The second-order valence-corrected chi connectivity index (χ2v) is 6.75. The minimum Gasteiger partial charge on any atom is -0.393 e. The summed E-state index contributed by atoms with van der Waals surface area (Å²) < 4.78 is 1.84. The zero-order chi connectivity index (χ0) is 17.2. The van der Waals surface area contributed by atoms with Gasteiger partial charge in [0, 0.05) is 18.4 Å². The number of pyridine rings is 1. The van der Waals surface area contributed by atoms with Crippen LogP contribution in [0.2, 0.25) is 0 Å². The average Bonchev–Trinajstić information content (AvgIpc) is 3.04. The highest BCUT2D eigenvalue weighted by molar-refractivity contribution is 5.93. The Bertz CT molecular complexity index is 836. The van der Waals surface area contributed by atoms with E-state index in [1.807, 2.05) is 47.0 Å². The third-order valence-corrected chi connectivity index (χ3v) is 4.93. The highest BCUT2D eigenvalue weighted by Gasteiger charge is 2.35. The average molecular weight is 335 g/mol. The molecule has 1 aliphatic carbocycles. The predicted octanol–water partition coefficient (Wildman–Crippen LogP) is 2.45. The number of fused-ring (bicyclic) bond motifs is 1. The zero-order valence-electron chi connectivity index (χ0n) is 13.9. The Morgan fingerprint density at radius 1 is 1.20 bits per heavy atom. The van der Waals surface area contributed by atoms with Crippen molar-refractivity contribution in [3.8, 4) is 0 Å². The smallest absolute Gasteiger partial charge is 0.271 e. The SMILES string of the molecule is O=C(N[C@@H](Cc1ccccc1)C1CC(O)C1)c1cn2ccccc2n1. The number of nitrogens with zero attached hydrogens (tertiary/aromatic N) is 2. The van der Waals surface area contributed by atoms with E-state index >= 15 is 0 Å². The molecule has 5 nitrogen and oxygen atoms in total. The van der Waals surface area contributed by atoms with Gasteiger partial charge in [-0.25, -0.2) is 4.98 Å². The molecule has 0 unspecified atom stereocenters. The summed E-state index contributed by atoms with van der Waals surface area (Å²) in [5, 5.41) is 12.8. The van der Waals surface area contributed by atoms with E-state index in [-0.39, 0.29) is 18.1 Å². The summed E-state index contributed by atoms with van der Waals surface area (Å²) in [6.07, 6.45) is 5.63. The molecule has 1 aromatic carbocycles. The van der Waals surface area contributed by atoms with E-state index in [9.17, 15) is 9.90 Å². The zero-order valence-corrected chi connectivity index (χ0v) is 13.9. The van der Waals surface area contributed by atoms with Crippen molar-refractivity contribution in [1.29, 1.82) is 0 Å². The molecule has 128 valence electrons. The minimum atomic E-state index is -0.240. The van der Waals surface area contributed by atoms with Crippen molar-refractivity contribution in [3.05, 3.63) is 72.2 Å². The van der Waals surface area contributed by atoms with Gasteiger partial charge in [-0.3, -0.25) is 4.79 Å². The lowest BCUT2D eigenvalue weighted by Crippen LogP contribution is -2.48. The summed E-state index contributed by atoms with van der Waals surface area (Å²) in [4.78, 5) is 17.1. The normalized spacial score (nSPS) is 20.8. The molecule has 0 spiro atoms. The molecule has 1 fully saturated rings. The lowest BCUT2D eigenvalue weighted by molar-refractivity contribution is 0.0239. The van der Waals surface area contributed by atoms with Crippen LogP contribution in [0.5, 0.6) is 0 Å². The monoisotopic (exact) mass is 335 g/mol. The standard InChI is InChI=1S/C20H21N3O2/c24-16-11-15(12-16)17(10-14-6-2-1-3-7-14)22-20(25)18-13-23-9-5-4-8-19(23)21-18/h1-9,13,15-17,24H,10-12H2,(H,22,25)/t15?,16?,17-/m0/s1. The van der Waals surface area contributed by atoms with Crippen molar-refractivity contribution in [1.82, 2.24) is 14.7 Å². The Morgan fingerprint density at radius 2 is 1.96 bits per heavy atom. The van der Waals surface area contributed by atoms with E-state index in [1.54, 1.807) is 6.20 Å². The summed E-state index contributed by atoms with van der Waals surface area (Å²) in [6, 6.07) is 15.8. The van der Waals surface area contributed by atoms with Crippen LogP contribution < -0.4 is 5.32 Å². The van der Waals surface area contributed by atoms with Crippen molar-refractivity contribution in [2.24, 2.45) is 5.92 Å². The van der Waals surface area contributed by atoms with E-state index < -0.39 is 0 Å². The molecule has 1 saturated carbocycles. The number of benzene rings is 1. The quantitative estimate of drug-likeness (QED) is 0.753. The van der Waals surface area contributed by atoms with Crippen molar-refractivity contribution in [2.45, 2.75) is 31.4 Å². The Balaban J connectivity index is 1.51. The fourth-order valence-corrected chi connectivity index (χ4v) is 3.45. The molecule has 2 heterocycles. The fourth-order valence-electron chi connectivity index (χ4n) is 3.45. The predicted molar refractivity (Wildman–Crippen MR) is 95.3 cm³/mol. The lowest BCUT2D eigenvalue weighted by Gasteiger charge is -2.38. The molecule has 3 aromatic rings. The molecule has 0 aliphatic heterocycles. The number of carbonyl (C=O) groups excluding carboxylic acids is 1. The lowest BCUT2D eigenvalue weighted by atomic mass is 9.75. The van der Waals surface area contributed by atoms with Gasteiger partial charge in [0.05, 0.1) is 6.10 Å². The number of aromatic nitrogens is 2. The highest BCUT2D eigenvalue weighted by Crippen LogP contribution is 2.32. The first-order valence-corrected chi connectivity index (χ1v) is 8.65. The third kappa shape index (κ3) is 3.42. The molecule has 0 radical (unpaired) electrons. The number of imidazole rings is 1. The van der Waals surface area contributed by atoms with Crippen LogP contribution in [-0.2, 0) is 6.42 Å². The second kappa shape index (κ2) is 6.69. The number of carbonyl (C=O) groups is 1. The molecule has 1 atom stereocenters. The Kier molecular flexibility index (Phi) is 4.24. The van der Waals surface area contributed by atoms with Gasteiger partial charge >= 0.3 is 0 Å². The number of rotatable bonds is 5. The largest absolute Gasteiger partial charge is 0.393 e. The van der Waals surface area contributed by atoms with Gasteiger partial charge in [-0.2, -0.15) is 0 Å². The number of hydrogen-bond acceptors (Lipinski definition) is 3. The van der Waals surface area contributed by atoms with Crippen LogP contribution in [-0.4, -0.2) is 32.5 Å². The number of aliphatic hydroxyl groups is 1. The Hall–Kier alpha value is -2.66. The van der Waals surface area contributed by atoms with Gasteiger partial charge in [0.15, 0.2) is 0 Å². The van der Waals surface area contributed by atoms with Crippen LogP contribution in [0, 0.1) is 5.92 Å². The molecule has 5 heteroatoms. The van der Waals surface area contributed by atoms with E-state index in [2.05, 4.69) is 22.4 Å². The molecule has 1 amide bonds. The highest BCUT2D eigenvalue weighted by atomic mass is 16.3. The van der Waals surface area contributed by atoms with Gasteiger partial charge in [0.2, 0.25) is 0 Å². The van der Waals surface area contributed by atoms with Gasteiger partial charge in [0.1, 0.15) is 11.3 Å². The number of amides is 1. The van der Waals surface area contributed by atoms with E-state index in [4.69, 9.17) is 0 Å². The Morgan fingerprint density at radius 3 is 2.68 bits per heavy atom. The maximum Gasteiger partial charge on any atom is 0.271 e. The van der Waals surface area contributed by atoms with Gasteiger partial charge in [-0.15, -0.1) is 0 Å². The molecule has 4 rings (SSSR count).